The Hall–Kier alpha value is -1.20. The molecule has 0 fully saturated rings. The van der Waals surface area contributed by atoms with Crippen molar-refractivity contribution in [1.82, 2.24) is 4.72 Å². The summed E-state index contributed by atoms with van der Waals surface area (Å²) in [4.78, 5) is 20.9. The molecule has 1 unspecified atom stereocenters. The number of carboxylic acid groups (broad SMARTS) is 2. The normalized spacial score (nSPS) is 14.1. The van der Waals surface area contributed by atoms with Crippen molar-refractivity contribution in [3.8, 4) is 0 Å². The molecule has 0 spiro atoms. The number of sulfone groups is 1. The smallest absolute Gasteiger partial charge is 0.321 e. The van der Waals surface area contributed by atoms with Crippen LogP contribution in [0.5, 0.6) is 0 Å². The van der Waals surface area contributed by atoms with Crippen LogP contribution in [0.3, 0.4) is 0 Å². The van der Waals surface area contributed by atoms with Crippen LogP contribution in [-0.4, -0.2) is 56.4 Å². The van der Waals surface area contributed by atoms with Crippen molar-refractivity contribution in [3.63, 3.8) is 0 Å². The van der Waals surface area contributed by atoms with E-state index in [9.17, 15) is 26.4 Å². The van der Waals surface area contributed by atoms with Gasteiger partial charge in [-0.1, -0.05) is 0 Å². The monoisotopic (exact) mass is 303 g/mol. The van der Waals surface area contributed by atoms with E-state index in [-0.39, 0.29) is 0 Å². The van der Waals surface area contributed by atoms with Gasteiger partial charge in [-0.3, -0.25) is 9.59 Å². The Morgan fingerprint density at radius 2 is 1.67 bits per heavy atom. The summed E-state index contributed by atoms with van der Waals surface area (Å²) < 4.78 is 45.9. The van der Waals surface area contributed by atoms with Gasteiger partial charge in [-0.15, -0.1) is 0 Å². The largest absolute Gasteiger partial charge is 0.481 e. The van der Waals surface area contributed by atoms with Crippen molar-refractivity contribution < 1.29 is 36.6 Å². The van der Waals surface area contributed by atoms with Gasteiger partial charge in [0.1, 0.15) is 6.04 Å². The molecule has 0 saturated carbocycles. The molecule has 0 aromatic carbocycles. The fraction of sp³-hybridized carbons (Fsp3) is 0.714. The van der Waals surface area contributed by atoms with E-state index in [2.05, 4.69) is 0 Å². The zero-order valence-electron chi connectivity index (χ0n) is 9.36. The maximum absolute atomic E-state index is 11.3. The molecule has 0 aromatic heterocycles. The molecule has 1 atom stereocenters. The van der Waals surface area contributed by atoms with E-state index < -0.39 is 55.8 Å². The highest BCUT2D eigenvalue weighted by Gasteiger charge is 2.27. The van der Waals surface area contributed by atoms with E-state index in [0.717, 1.165) is 0 Å². The quantitative estimate of drug-likeness (QED) is 0.475. The van der Waals surface area contributed by atoms with Crippen molar-refractivity contribution >= 4 is 31.8 Å². The van der Waals surface area contributed by atoms with Gasteiger partial charge in [0, 0.05) is 12.7 Å². The van der Waals surface area contributed by atoms with Crippen molar-refractivity contribution in [1.29, 1.82) is 0 Å². The molecule has 0 aliphatic carbocycles. The van der Waals surface area contributed by atoms with E-state index in [1.54, 1.807) is 4.72 Å². The summed E-state index contributed by atoms with van der Waals surface area (Å²) in [5.74, 6) is -2.86. The second-order valence-corrected chi connectivity index (χ2v) is 7.86. The number of carbonyl (C=O) groups is 2. The first-order valence-corrected chi connectivity index (χ1v) is 8.26. The number of nitrogens with one attached hydrogen (secondary N) is 1. The fourth-order valence-corrected chi connectivity index (χ4v) is 4.21. The van der Waals surface area contributed by atoms with Crippen LogP contribution in [0, 0.1) is 0 Å². The molecule has 11 heteroatoms. The number of aliphatic carboxylic acids is 2. The van der Waals surface area contributed by atoms with Crippen molar-refractivity contribution in [2.45, 2.75) is 18.9 Å². The van der Waals surface area contributed by atoms with Crippen LogP contribution in [0.1, 0.15) is 12.8 Å². The summed E-state index contributed by atoms with van der Waals surface area (Å²) in [6.45, 7) is 0. The molecule has 0 aliphatic rings. The van der Waals surface area contributed by atoms with Crippen LogP contribution in [0.15, 0.2) is 0 Å². The molecule has 0 heterocycles. The van der Waals surface area contributed by atoms with Gasteiger partial charge in [-0.2, -0.15) is 0 Å². The Morgan fingerprint density at radius 1 is 1.17 bits per heavy atom. The lowest BCUT2D eigenvalue weighted by molar-refractivity contribution is -0.140. The Kier molecular flexibility index (Phi) is 5.70. The Morgan fingerprint density at radius 3 is 2.00 bits per heavy atom. The molecule has 0 amide bonds. The van der Waals surface area contributed by atoms with Gasteiger partial charge in [0.25, 0.3) is 0 Å². The number of rotatable bonds is 8. The molecule has 0 rings (SSSR count). The molecular formula is C7H13NO8S2. The average Bonchev–Trinajstić information content (AvgIpc) is 2.07. The fourth-order valence-electron chi connectivity index (χ4n) is 1.03. The van der Waals surface area contributed by atoms with Crippen LogP contribution in [0.25, 0.3) is 0 Å². The minimum absolute atomic E-state index is 0.479. The third-order valence-corrected chi connectivity index (χ3v) is 5.23. The average molecular weight is 303 g/mol. The number of carboxylic acids is 2. The summed E-state index contributed by atoms with van der Waals surface area (Å²) in [6.07, 6.45) is -0.356. The van der Waals surface area contributed by atoms with Crippen molar-refractivity contribution in [2.24, 2.45) is 0 Å². The molecule has 0 aromatic rings. The topological polar surface area (TPSA) is 155 Å². The molecule has 0 bridgehead atoms. The third-order valence-electron chi connectivity index (χ3n) is 1.64. The summed E-state index contributed by atoms with van der Waals surface area (Å²) >= 11 is 0. The van der Waals surface area contributed by atoms with Crippen LogP contribution < -0.4 is 4.72 Å². The van der Waals surface area contributed by atoms with Crippen molar-refractivity contribution in [3.05, 3.63) is 0 Å². The van der Waals surface area contributed by atoms with Crippen LogP contribution in [0.4, 0.5) is 0 Å². The van der Waals surface area contributed by atoms with Crippen LogP contribution in [0.2, 0.25) is 0 Å². The van der Waals surface area contributed by atoms with Crippen LogP contribution in [-0.2, 0) is 29.4 Å². The summed E-state index contributed by atoms with van der Waals surface area (Å²) in [6, 6.07) is -1.67. The Bertz CT molecular complexity index is 520. The lowest BCUT2D eigenvalue weighted by atomic mass is 10.2. The molecular weight excluding hydrogens is 290 g/mol. The lowest BCUT2D eigenvalue weighted by Gasteiger charge is -2.13. The van der Waals surface area contributed by atoms with E-state index >= 15 is 0 Å². The van der Waals surface area contributed by atoms with Crippen molar-refractivity contribution in [2.75, 3.05) is 11.3 Å². The SMILES string of the molecule is CS(=O)(=O)CS(=O)(=O)NC(CCC(=O)O)C(=O)O. The maximum atomic E-state index is 11.3. The highest BCUT2D eigenvalue weighted by atomic mass is 32.3. The Labute approximate surface area is 104 Å². The first kappa shape index (κ1) is 16.8. The van der Waals surface area contributed by atoms with Gasteiger partial charge in [0.05, 0.1) is 0 Å². The first-order valence-electron chi connectivity index (χ1n) is 4.55. The number of hydrogen-bond acceptors (Lipinski definition) is 6. The molecule has 0 aliphatic heterocycles. The molecule has 3 N–H and O–H groups in total. The second kappa shape index (κ2) is 6.11. The van der Waals surface area contributed by atoms with Gasteiger partial charge in [0.2, 0.25) is 10.0 Å². The minimum Gasteiger partial charge on any atom is -0.481 e. The maximum Gasteiger partial charge on any atom is 0.321 e. The Balaban J connectivity index is 4.78. The lowest BCUT2D eigenvalue weighted by Crippen LogP contribution is -2.43. The molecule has 106 valence electrons. The van der Waals surface area contributed by atoms with E-state index in [1.165, 1.54) is 0 Å². The summed E-state index contributed by atoms with van der Waals surface area (Å²) in [5.41, 5.74) is 0. The summed E-state index contributed by atoms with van der Waals surface area (Å²) in [5, 5.41) is 15.8. The number of hydrogen-bond donors (Lipinski definition) is 3. The first-order chi connectivity index (χ1) is 7.93. The van der Waals surface area contributed by atoms with Gasteiger partial charge in [0.15, 0.2) is 14.9 Å². The highest BCUT2D eigenvalue weighted by Crippen LogP contribution is 2.02. The molecule has 18 heavy (non-hydrogen) atoms. The van der Waals surface area contributed by atoms with Gasteiger partial charge in [-0.25, -0.2) is 21.6 Å². The van der Waals surface area contributed by atoms with Gasteiger partial charge < -0.3 is 10.2 Å². The van der Waals surface area contributed by atoms with Gasteiger partial charge >= 0.3 is 11.9 Å². The molecule has 0 saturated heterocycles. The van der Waals surface area contributed by atoms with E-state index in [1.807, 2.05) is 0 Å². The van der Waals surface area contributed by atoms with Gasteiger partial charge in [-0.05, 0) is 6.42 Å². The predicted molar refractivity (Wildman–Crippen MR) is 60.1 cm³/mol. The third kappa shape index (κ3) is 7.97. The molecule has 0 radical (unpaired) electrons. The standard InChI is InChI=1S/C7H13NO8S2/c1-17(13,14)4-18(15,16)8-5(7(11)12)2-3-6(9)10/h5,8H,2-4H2,1H3,(H,9,10)(H,11,12). The predicted octanol–water partition coefficient (Wildman–Crippen LogP) is -1.77. The zero-order chi connectivity index (χ0) is 14.6. The second-order valence-electron chi connectivity index (χ2n) is 3.60. The summed E-state index contributed by atoms with van der Waals surface area (Å²) in [7, 11) is -8.19. The number of sulfonamides is 1. The van der Waals surface area contributed by atoms with E-state index in [4.69, 9.17) is 10.2 Å². The van der Waals surface area contributed by atoms with E-state index in [0.29, 0.717) is 6.26 Å². The minimum atomic E-state index is -4.34. The highest BCUT2D eigenvalue weighted by molar-refractivity contribution is 8.06. The van der Waals surface area contributed by atoms with Crippen LogP contribution >= 0.6 is 0 Å². The zero-order valence-corrected chi connectivity index (χ0v) is 11.0. The molecule has 9 nitrogen and oxygen atoms in total.